The lowest BCUT2D eigenvalue weighted by atomic mass is 9.67. The van der Waals surface area contributed by atoms with E-state index in [0.29, 0.717) is 11.3 Å². The molecule has 1 aliphatic heterocycles. The van der Waals surface area contributed by atoms with Gasteiger partial charge in [0.1, 0.15) is 0 Å². The molecule has 0 saturated carbocycles. The Hall–Kier alpha value is -9.21. The Kier molecular flexibility index (Phi) is 7.65. The quantitative estimate of drug-likeness (QED) is 0.166. The second kappa shape index (κ2) is 13.9. The number of nitriles is 1. The van der Waals surface area contributed by atoms with Gasteiger partial charge in [-0.05, 0) is 131 Å². The summed E-state index contributed by atoms with van der Waals surface area (Å²) < 4.78 is 7.04. The van der Waals surface area contributed by atoms with Gasteiger partial charge in [-0.3, -0.25) is 9.97 Å². The first-order valence-electron chi connectivity index (χ1n) is 22.9. The van der Waals surface area contributed by atoms with Crippen LogP contribution in [0.2, 0.25) is 0 Å². The van der Waals surface area contributed by atoms with E-state index in [9.17, 15) is 5.26 Å². The molecule has 5 aromatic heterocycles. The molecule has 8 aromatic carbocycles. The number of benzene rings is 8. The van der Waals surface area contributed by atoms with Crippen molar-refractivity contribution >= 4 is 82.9 Å². The third-order valence-electron chi connectivity index (χ3n) is 14.6. The van der Waals surface area contributed by atoms with Crippen LogP contribution in [0, 0.1) is 17.9 Å². The Bertz CT molecular complexity index is 4420. The summed E-state index contributed by atoms with van der Waals surface area (Å²) in [6, 6.07) is 69.3. The van der Waals surface area contributed by atoms with E-state index in [-0.39, 0.29) is 0 Å². The van der Waals surface area contributed by atoms with Gasteiger partial charge in [-0.15, -0.1) is 0 Å². The first-order valence-corrected chi connectivity index (χ1v) is 23.7. The lowest BCUT2D eigenvalue weighted by Gasteiger charge is -2.39. The highest BCUT2D eigenvalue weighted by Gasteiger charge is 2.51. The Labute approximate surface area is 399 Å². The van der Waals surface area contributed by atoms with Gasteiger partial charge >= 0.3 is 0 Å². The summed E-state index contributed by atoms with van der Waals surface area (Å²) in [7, 11) is 0. The number of nitrogens with zero attached hydrogens (tertiary/aromatic N) is 7. The highest BCUT2D eigenvalue weighted by Crippen LogP contribution is 2.62. The van der Waals surface area contributed by atoms with Crippen molar-refractivity contribution in [1.29, 1.82) is 5.26 Å². The summed E-state index contributed by atoms with van der Waals surface area (Å²) in [5.41, 5.74) is 16.6. The second-order valence-corrected chi connectivity index (χ2v) is 19.0. The summed E-state index contributed by atoms with van der Waals surface area (Å²) >= 11 is 1.80. The smallest absolute Gasteiger partial charge is 0.188 e. The first kappa shape index (κ1) is 38.0. The van der Waals surface area contributed by atoms with Gasteiger partial charge in [-0.2, -0.15) is 5.26 Å². The van der Waals surface area contributed by atoms with Crippen molar-refractivity contribution in [1.82, 2.24) is 23.7 Å². The monoisotopic (exact) mass is 895 g/mol. The Morgan fingerprint density at radius 1 is 0.435 bits per heavy atom. The van der Waals surface area contributed by atoms with E-state index >= 15 is 0 Å². The lowest BCUT2D eigenvalue weighted by Crippen LogP contribution is -2.32. The summed E-state index contributed by atoms with van der Waals surface area (Å²) in [6.45, 7) is 7.78. The molecule has 318 valence electrons. The number of hydrogen-bond acceptors (Lipinski definition) is 4. The molecule has 0 unspecified atom stereocenters. The molecule has 1 spiro atoms. The summed E-state index contributed by atoms with van der Waals surface area (Å²) in [4.78, 5) is 16.1. The fourth-order valence-electron chi connectivity index (χ4n) is 11.9. The normalized spacial score (nSPS) is 13.2. The van der Waals surface area contributed by atoms with Gasteiger partial charge in [0.25, 0.3) is 0 Å². The van der Waals surface area contributed by atoms with Crippen LogP contribution in [0.25, 0.3) is 98.7 Å². The molecule has 15 rings (SSSR count). The minimum Gasteiger partial charge on any atom is -0.309 e. The van der Waals surface area contributed by atoms with Gasteiger partial charge in [-0.25, -0.2) is 4.85 Å². The van der Waals surface area contributed by atoms with E-state index in [1.165, 1.54) is 21.9 Å². The van der Waals surface area contributed by atoms with Gasteiger partial charge in [0.05, 0.1) is 68.1 Å². The fourth-order valence-corrected chi connectivity index (χ4v) is 13.1. The van der Waals surface area contributed by atoms with Crippen LogP contribution in [0.1, 0.15) is 27.8 Å². The maximum Gasteiger partial charge on any atom is 0.188 e. The van der Waals surface area contributed by atoms with Crippen molar-refractivity contribution in [3.05, 3.63) is 240 Å². The highest BCUT2D eigenvalue weighted by molar-refractivity contribution is 7.99. The van der Waals surface area contributed by atoms with Gasteiger partial charge in [0.2, 0.25) is 0 Å². The molecule has 0 saturated heterocycles. The van der Waals surface area contributed by atoms with Crippen LogP contribution in [-0.4, -0.2) is 23.7 Å². The maximum absolute atomic E-state index is 10.2. The molecule has 0 amide bonds. The van der Waals surface area contributed by atoms with Crippen molar-refractivity contribution in [2.45, 2.75) is 15.2 Å². The van der Waals surface area contributed by atoms with Crippen molar-refractivity contribution in [3.8, 4) is 34.5 Å². The van der Waals surface area contributed by atoms with E-state index < -0.39 is 5.41 Å². The number of fused-ring (bicyclic) bond motifs is 18. The van der Waals surface area contributed by atoms with Crippen LogP contribution in [0.4, 0.5) is 5.69 Å². The molecule has 0 atom stereocenters. The molecule has 0 fully saturated rings. The average molecular weight is 896 g/mol. The molecule has 1 aliphatic carbocycles. The predicted molar refractivity (Wildman–Crippen MR) is 277 cm³/mol. The highest BCUT2D eigenvalue weighted by atomic mass is 32.2. The Balaban J connectivity index is 0.975. The van der Waals surface area contributed by atoms with Crippen LogP contribution in [0.5, 0.6) is 0 Å². The van der Waals surface area contributed by atoms with Crippen LogP contribution in [0.15, 0.2) is 210 Å². The van der Waals surface area contributed by atoms with Crippen molar-refractivity contribution in [2.24, 2.45) is 0 Å². The van der Waals surface area contributed by atoms with Crippen molar-refractivity contribution in [3.63, 3.8) is 0 Å². The van der Waals surface area contributed by atoms with E-state index in [1.807, 2.05) is 48.8 Å². The second-order valence-electron chi connectivity index (χ2n) is 17.9. The minimum atomic E-state index is -0.689. The zero-order valence-corrected chi connectivity index (χ0v) is 37.4. The fraction of sp³-hybridized carbons (Fsp3) is 0.0164. The van der Waals surface area contributed by atoms with E-state index in [4.69, 9.17) is 16.5 Å². The molecule has 0 bridgehead atoms. The van der Waals surface area contributed by atoms with Crippen LogP contribution < -0.4 is 0 Å². The van der Waals surface area contributed by atoms with Crippen LogP contribution in [-0.2, 0) is 5.41 Å². The predicted octanol–water partition coefficient (Wildman–Crippen LogP) is 15.0. The summed E-state index contributed by atoms with van der Waals surface area (Å²) in [5, 5.41) is 16.9. The largest absolute Gasteiger partial charge is 0.309 e. The number of rotatable bonds is 3. The molecule has 7 nitrogen and oxygen atoms in total. The lowest BCUT2D eigenvalue weighted by molar-refractivity contribution is 0.718. The molecule has 0 radical (unpaired) electrons. The molecule has 69 heavy (non-hydrogen) atoms. The third kappa shape index (κ3) is 5.00. The third-order valence-corrected chi connectivity index (χ3v) is 15.7. The molecule has 13 aromatic rings. The minimum absolute atomic E-state index is 0.620. The topological polar surface area (TPSA) is 68.7 Å². The average Bonchev–Trinajstić information content (AvgIpc) is 4.12. The van der Waals surface area contributed by atoms with Crippen molar-refractivity contribution in [2.75, 3.05) is 0 Å². The van der Waals surface area contributed by atoms with Crippen LogP contribution >= 0.6 is 11.8 Å². The van der Waals surface area contributed by atoms with Gasteiger partial charge in [0.15, 0.2) is 5.69 Å². The first-order chi connectivity index (χ1) is 34.1. The van der Waals surface area contributed by atoms with E-state index in [1.54, 1.807) is 11.8 Å². The molecule has 0 N–H and O–H groups in total. The van der Waals surface area contributed by atoms with Crippen LogP contribution in [0.3, 0.4) is 0 Å². The van der Waals surface area contributed by atoms with Gasteiger partial charge in [-0.1, -0.05) is 96.7 Å². The zero-order chi connectivity index (χ0) is 45.5. The molecular weight excluding hydrogens is 863 g/mol. The van der Waals surface area contributed by atoms with Crippen molar-refractivity contribution < 1.29 is 0 Å². The number of pyridine rings is 2. The Morgan fingerprint density at radius 2 is 0.884 bits per heavy atom. The standard InChI is InChI=1S/C61H33N7S/c1-63-37-19-26-55-45(31-37)43-12-4-7-17-53(43)67(55)39-20-23-47-57(33-39)69-58-34-40(21-24-48(58)61(47)49-13-8-28-64-59(49)60-50(61)14-9-29-65-60)68-54-25-18-36(35-62)30-44(54)46-32-38(22-27-56(46)68)66-51-15-5-2-10-41(51)42-11-3-6-16-52(42)66/h2-34H. The summed E-state index contributed by atoms with van der Waals surface area (Å²) in [5.74, 6) is 0. The molecule has 6 heterocycles. The zero-order valence-electron chi connectivity index (χ0n) is 36.6. The summed E-state index contributed by atoms with van der Waals surface area (Å²) in [6.07, 6.45) is 3.74. The Morgan fingerprint density at radius 3 is 1.43 bits per heavy atom. The maximum atomic E-state index is 10.2. The molecule has 2 aliphatic rings. The molecular formula is C61H33N7S. The SMILES string of the molecule is [C-]#[N+]c1ccc2c(c1)c1ccccc1n2-c1ccc2c(c1)Sc1cc(-n3c4ccc(C#N)cc4c4cc(-n5c6ccccc6c6ccccc65)ccc43)ccc1C21c2cccnc2-c2ncccc21. The molecule has 8 heteroatoms. The number of hydrogen-bond donors (Lipinski definition) is 0. The van der Waals surface area contributed by atoms with Gasteiger partial charge < -0.3 is 13.7 Å². The van der Waals surface area contributed by atoms with E-state index in [2.05, 4.69) is 176 Å². The number of aromatic nitrogens is 5. The van der Waals surface area contributed by atoms with Gasteiger partial charge in [0, 0.05) is 66.2 Å². The number of para-hydroxylation sites is 3. The van der Waals surface area contributed by atoms with E-state index in [0.717, 1.165) is 104 Å².